The lowest BCUT2D eigenvalue weighted by molar-refractivity contribution is -0.105. The van der Waals surface area contributed by atoms with Gasteiger partial charge in [0.25, 0.3) is 5.91 Å². The standard InChI is InChI=1S/C11H13F2NO.C6H8N4O2.C6H6/c1-2-3-4-8-5-9(12)6-10(13)11(8)14-7-15;7-5(11)6-8-4-3-12-2-1-10(4)9-6;1-2-4-6-5-3-1/h5-7H,2-4H2,1H3,(H,14,15);1-3H2,(H2,7,11);1-6H. The van der Waals surface area contributed by atoms with Crippen molar-refractivity contribution in [1.29, 1.82) is 0 Å². The fourth-order valence-corrected chi connectivity index (χ4v) is 2.88. The fraction of sp³-hybridized carbons (Fsp3) is 0.304. The maximum absolute atomic E-state index is 13.3. The summed E-state index contributed by atoms with van der Waals surface area (Å²) >= 11 is 0. The number of primary amides is 1. The van der Waals surface area contributed by atoms with Crippen LogP contribution in [0.2, 0.25) is 0 Å². The highest BCUT2D eigenvalue weighted by Crippen LogP contribution is 2.22. The maximum Gasteiger partial charge on any atom is 0.288 e. The molecule has 0 unspecified atom stereocenters. The predicted octanol–water partition coefficient (Wildman–Crippen LogP) is 3.47. The molecule has 0 bridgehead atoms. The zero-order valence-corrected chi connectivity index (χ0v) is 18.3. The normalized spacial score (nSPS) is 11.7. The van der Waals surface area contributed by atoms with Gasteiger partial charge in [-0.15, -0.1) is 5.10 Å². The van der Waals surface area contributed by atoms with E-state index in [-0.39, 0.29) is 11.5 Å². The van der Waals surface area contributed by atoms with Crippen LogP contribution in [0, 0.1) is 11.6 Å². The van der Waals surface area contributed by atoms with Crippen molar-refractivity contribution in [3.8, 4) is 0 Å². The summed E-state index contributed by atoms with van der Waals surface area (Å²) in [6.45, 7) is 3.63. The Morgan fingerprint density at radius 2 is 1.88 bits per heavy atom. The number of halogens is 2. The van der Waals surface area contributed by atoms with Crippen molar-refractivity contribution in [2.24, 2.45) is 5.73 Å². The molecule has 33 heavy (non-hydrogen) atoms. The molecule has 0 aliphatic carbocycles. The van der Waals surface area contributed by atoms with E-state index in [1.807, 2.05) is 43.3 Å². The lowest BCUT2D eigenvalue weighted by Gasteiger charge is -2.11. The number of aromatic nitrogens is 3. The first-order chi connectivity index (χ1) is 16.0. The van der Waals surface area contributed by atoms with Crippen LogP contribution in [0.25, 0.3) is 0 Å². The van der Waals surface area contributed by atoms with Gasteiger partial charge in [0, 0.05) is 6.07 Å². The Balaban J connectivity index is 0.000000190. The number of nitrogens with zero attached hydrogens (tertiary/aromatic N) is 3. The van der Waals surface area contributed by atoms with Gasteiger partial charge in [-0.2, -0.15) is 0 Å². The molecule has 2 aromatic carbocycles. The number of fused-ring (bicyclic) bond motifs is 1. The molecule has 1 aliphatic rings. The monoisotopic (exact) mass is 459 g/mol. The molecule has 2 amide bonds. The summed E-state index contributed by atoms with van der Waals surface area (Å²) in [5.41, 5.74) is 5.59. The Kier molecular flexibility index (Phi) is 10.6. The third kappa shape index (κ3) is 8.41. The summed E-state index contributed by atoms with van der Waals surface area (Å²) in [6.07, 6.45) is 2.71. The smallest absolute Gasteiger partial charge is 0.288 e. The summed E-state index contributed by atoms with van der Waals surface area (Å²) in [5.74, 6) is -1.22. The molecule has 176 valence electrons. The van der Waals surface area contributed by atoms with E-state index in [1.54, 1.807) is 4.68 Å². The molecule has 8 nitrogen and oxygen atoms in total. The number of ether oxygens (including phenoxy) is 1. The van der Waals surface area contributed by atoms with Crippen molar-refractivity contribution >= 4 is 18.0 Å². The molecular formula is C23H27F2N5O3. The largest absolute Gasteiger partial charge is 0.372 e. The quantitative estimate of drug-likeness (QED) is 0.548. The van der Waals surface area contributed by atoms with Crippen LogP contribution in [0.4, 0.5) is 14.5 Å². The van der Waals surface area contributed by atoms with E-state index >= 15 is 0 Å². The second-order valence-corrected chi connectivity index (χ2v) is 6.93. The third-order valence-corrected chi connectivity index (χ3v) is 4.45. The minimum absolute atomic E-state index is 0.0653. The Labute approximate surface area is 190 Å². The van der Waals surface area contributed by atoms with Crippen molar-refractivity contribution in [3.05, 3.63) is 77.4 Å². The predicted molar refractivity (Wildman–Crippen MR) is 119 cm³/mol. The van der Waals surface area contributed by atoms with E-state index in [0.29, 0.717) is 44.0 Å². The summed E-state index contributed by atoms with van der Waals surface area (Å²) in [4.78, 5) is 24.8. The first-order valence-corrected chi connectivity index (χ1v) is 10.5. The Morgan fingerprint density at radius 3 is 2.42 bits per heavy atom. The average molecular weight is 459 g/mol. The van der Waals surface area contributed by atoms with Gasteiger partial charge >= 0.3 is 0 Å². The Hall–Kier alpha value is -3.66. The van der Waals surface area contributed by atoms with Gasteiger partial charge in [-0.05, 0) is 24.5 Å². The zero-order valence-electron chi connectivity index (χ0n) is 18.3. The Bertz CT molecular complexity index is 978. The van der Waals surface area contributed by atoms with Crippen molar-refractivity contribution in [2.45, 2.75) is 39.3 Å². The zero-order chi connectivity index (χ0) is 24.1. The van der Waals surface area contributed by atoms with Gasteiger partial charge in [-0.3, -0.25) is 9.59 Å². The number of nitrogens with two attached hydrogens (primary N) is 1. The maximum atomic E-state index is 13.3. The molecule has 3 N–H and O–H groups in total. The van der Waals surface area contributed by atoms with E-state index < -0.39 is 17.5 Å². The van der Waals surface area contributed by atoms with Gasteiger partial charge in [0.1, 0.15) is 18.2 Å². The van der Waals surface area contributed by atoms with Gasteiger partial charge in [0.05, 0.1) is 18.8 Å². The molecule has 0 spiro atoms. The number of anilines is 1. The average Bonchev–Trinajstić information content (AvgIpc) is 3.26. The molecule has 1 aliphatic heterocycles. The van der Waals surface area contributed by atoms with Crippen molar-refractivity contribution < 1.29 is 23.1 Å². The minimum Gasteiger partial charge on any atom is -0.372 e. The number of benzene rings is 2. The summed E-state index contributed by atoms with van der Waals surface area (Å²) in [7, 11) is 0. The van der Waals surface area contributed by atoms with Crippen LogP contribution in [0.15, 0.2) is 48.5 Å². The minimum atomic E-state index is -0.729. The van der Waals surface area contributed by atoms with Gasteiger partial charge in [-0.25, -0.2) is 18.4 Å². The summed E-state index contributed by atoms with van der Waals surface area (Å²) in [6, 6.07) is 14.0. The molecule has 0 saturated heterocycles. The molecule has 0 saturated carbocycles. The number of hydrogen-bond acceptors (Lipinski definition) is 5. The lowest BCUT2D eigenvalue weighted by Crippen LogP contribution is -2.18. The van der Waals surface area contributed by atoms with Crippen molar-refractivity contribution in [1.82, 2.24) is 14.8 Å². The van der Waals surface area contributed by atoms with Crippen LogP contribution in [-0.2, 0) is 29.1 Å². The van der Waals surface area contributed by atoms with E-state index in [1.165, 1.54) is 6.07 Å². The van der Waals surface area contributed by atoms with Crippen LogP contribution < -0.4 is 11.1 Å². The van der Waals surface area contributed by atoms with E-state index in [9.17, 15) is 18.4 Å². The van der Waals surface area contributed by atoms with Gasteiger partial charge < -0.3 is 15.8 Å². The first kappa shape index (κ1) is 25.6. The number of hydrogen-bond donors (Lipinski definition) is 2. The number of rotatable bonds is 6. The van der Waals surface area contributed by atoms with Gasteiger partial charge in [-0.1, -0.05) is 49.7 Å². The highest BCUT2D eigenvalue weighted by molar-refractivity contribution is 5.88. The van der Waals surface area contributed by atoms with E-state index in [4.69, 9.17) is 10.5 Å². The second kappa shape index (κ2) is 13.7. The van der Waals surface area contributed by atoms with Crippen LogP contribution in [0.5, 0.6) is 0 Å². The van der Waals surface area contributed by atoms with Gasteiger partial charge in [0.2, 0.25) is 12.2 Å². The second-order valence-electron chi connectivity index (χ2n) is 6.93. The fourth-order valence-electron chi connectivity index (χ4n) is 2.88. The van der Waals surface area contributed by atoms with Crippen molar-refractivity contribution in [2.75, 3.05) is 11.9 Å². The molecule has 0 fully saturated rings. The SMILES string of the molecule is CCCCc1cc(F)cc(F)c1NC=O.NC(=O)c1nc2n(n1)CCOC2.c1ccccc1. The van der Waals surface area contributed by atoms with E-state index in [2.05, 4.69) is 15.4 Å². The van der Waals surface area contributed by atoms with E-state index in [0.717, 1.165) is 18.9 Å². The molecule has 10 heteroatoms. The molecular weight excluding hydrogens is 432 g/mol. The number of carbonyl (C=O) groups is 2. The first-order valence-electron chi connectivity index (χ1n) is 10.5. The number of aryl methyl sites for hydroxylation is 1. The topological polar surface area (TPSA) is 112 Å². The number of unbranched alkanes of at least 4 members (excludes halogenated alkanes) is 1. The molecule has 1 aromatic heterocycles. The number of nitrogens with one attached hydrogen (secondary N) is 1. The lowest BCUT2D eigenvalue weighted by atomic mass is 10.1. The number of amides is 2. The molecule has 0 atom stereocenters. The van der Waals surface area contributed by atoms with Crippen LogP contribution >= 0.6 is 0 Å². The highest BCUT2D eigenvalue weighted by Gasteiger charge is 2.16. The number of carbonyl (C=O) groups excluding carboxylic acids is 2. The summed E-state index contributed by atoms with van der Waals surface area (Å²) in [5, 5.41) is 6.16. The van der Waals surface area contributed by atoms with Crippen LogP contribution in [-0.4, -0.2) is 33.7 Å². The molecule has 0 radical (unpaired) electrons. The third-order valence-electron chi connectivity index (χ3n) is 4.45. The molecule has 3 aromatic rings. The van der Waals surface area contributed by atoms with Crippen molar-refractivity contribution in [3.63, 3.8) is 0 Å². The van der Waals surface area contributed by atoms with Crippen LogP contribution in [0.3, 0.4) is 0 Å². The molecule has 2 heterocycles. The summed E-state index contributed by atoms with van der Waals surface area (Å²) < 4.78 is 32.9. The Morgan fingerprint density at radius 1 is 1.21 bits per heavy atom. The molecule has 4 rings (SSSR count). The van der Waals surface area contributed by atoms with Crippen LogP contribution in [0.1, 0.15) is 41.8 Å². The van der Waals surface area contributed by atoms with Gasteiger partial charge in [0.15, 0.2) is 5.82 Å². The highest BCUT2D eigenvalue weighted by atomic mass is 19.1.